The van der Waals surface area contributed by atoms with Crippen LogP contribution in [-0.4, -0.2) is 17.3 Å². The molecule has 0 saturated heterocycles. The first-order valence-corrected chi connectivity index (χ1v) is 8.30. The van der Waals surface area contributed by atoms with E-state index in [1.807, 2.05) is 30.8 Å². The van der Waals surface area contributed by atoms with E-state index in [9.17, 15) is 5.26 Å². The second-order valence-electron chi connectivity index (χ2n) is 5.15. The number of nitriles is 1. The smallest absolute Gasteiger partial charge is 0.104 e. The van der Waals surface area contributed by atoms with E-state index in [0.29, 0.717) is 6.04 Å². The van der Waals surface area contributed by atoms with Gasteiger partial charge in [0.1, 0.15) is 5.54 Å². The fourth-order valence-corrected chi connectivity index (χ4v) is 3.43. The Morgan fingerprint density at radius 1 is 1.47 bits per heavy atom. The van der Waals surface area contributed by atoms with E-state index < -0.39 is 5.54 Å². The lowest BCUT2D eigenvalue weighted by molar-refractivity contribution is 0.380. The molecule has 0 spiro atoms. The van der Waals surface area contributed by atoms with Gasteiger partial charge in [-0.15, -0.1) is 11.8 Å². The molecule has 0 fully saturated rings. The van der Waals surface area contributed by atoms with E-state index in [0.717, 1.165) is 23.1 Å². The van der Waals surface area contributed by atoms with E-state index in [1.165, 1.54) is 4.90 Å². The molecule has 0 saturated carbocycles. The summed E-state index contributed by atoms with van der Waals surface area (Å²) in [6, 6.07) is 11.0. The average molecular weight is 341 g/mol. The molecule has 0 aliphatic heterocycles. The molecule has 0 amide bonds. The minimum Gasteiger partial charge on any atom is -0.297 e. The number of rotatable bonds is 7. The van der Waals surface area contributed by atoms with Crippen LogP contribution in [0.5, 0.6) is 0 Å². The normalized spacial score (nSPS) is 14.1. The fraction of sp³-hybridized carbons (Fsp3) is 0.533. The summed E-state index contributed by atoms with van der Waals surface area (Å²) in [5.41, 5.74) is -0.411. The van der Waals surface area contributed by atoms with Gasteiger partial charge < -0.3 is 0 Å². The highest BCUT2D eigenvalue weighted by molar-refractivity contribution is 9.10. The van der Waals surface area contributed by atoms with E-state index in [1.54, 1.807) is 0 Å². The molecule has 1 atom stereocenters. The summed E-state index contributed by atoms with van der Waals surface area (Å²) < 4.78 is 1.11. The largest absolute Gasteiger partial charge is 0.297 e. The van der Waals surface area contributed by atoms with Crippen molar-refractivity contribution in [3.63, 3.8) is 0 Å². The molecule has 1 rings (SSSR count). The number of benzene rings is 1. The predicted octanol–water partition coefficient (Wildman–Crippen LogP) is 4.60. The second-order valence-corrected chi connectivity index (χ2v) is 7.24. The summed E-state index contributed by atoms with van der Waals surface area (Å²) in [5, 5.41) is 12.6. The zero-order chi connectivity index (χ0) is 14.3. The van der Waals surface area contributed by atoms with E-state index >= 15 is 0 Å². The predicted molar refractivity (Wildman–Crippen MR) is 86.4 cm³/mol. The molecule has 0 heterocycles. The Morgan fingerprint density at radius 2 is 2.21 bits per heavy atom. The van der Waals surface area contributed by atoms with Gasteiger partial charge in [0, 0.05) is 15.4 Å². The van der Waals surface area contributed by atoms with Gasteiger partial charge >= 0.3 is 0 Å². The molecule has 0 aromatic heterocycles. The summed E-state index contributed by atoms with van der Waals surface area (Å²) in [4.78, 5) is 1.27. The maximum Gasteiger partial charge on any atom is 0.104 e. The first-order chi connectivity index (χ1) is 8.95. The second kappa shape index (κ2) is 7.94. The van der Waals surface area contributed by atoms with Crippen molar-refractivity contribution in [1.82, 2.24) is 5.32 Å². The van der Waals surface area contributed by atoms with Crippen molar-refractivity contribution in [3.8, 4) is 6.07 Å². The Morgan fingerprint density at radius 3 is 2.79 bits per heavy atom. The Kier molecular flexibility index (Phi) is 6.92. The van der Waals surface area contributed by atoms with Crippen LogP contribution in [0.25, 0.3) is 0 Å². The number of hydrogen-bond acceptors (Lipinski definition) is 3. The molecule has 19 heavy (non-hydrogen) atoms. The van der Waals surface area contributed by atoms with Crippen LogP contribution in [0.2, 0.25) is 0 Å². The highest BCUT2D eigenvalue weighted by Gasteiger charge is 2.23. The molecular weight excluding hydrogens is 320 g/mol. The summed E-state index contributed by atoms with van der Waals surface area (Å²) in [6.07, 6.45) is 1.91. The third kappa shape index (κ3) is 6.47. The first-order valence-electron chi connectivity index (χ1n) is 6.52. The van der Waals surface area contributed by atoms with Gasteiger partial charge in [-0.1, -0.05) is 22.0 Å². The van der Waals surface area contributed by atoms with E-state index in [4.69, 9.17) is 0 Å². The SMILES string of the molecule is CC(C)NC(C)(C#N)CCCSc1cccc(Br)c1. The monoisotopic (exact) mass is 340 g/mol. The number of thioether (sulfide) groups is 1. The standard InChI is InChI=1S/C15H21BrN2S/c1-12(2)18-15(3,11-17)8-5-9-19-14-7-4-6-13(16)10-14/h4,6-7,10,12,18H,5,8-9H2,1-3H3. The van der Waals surface area contributed by atoms with Gasteiger partial charge in [-0.25, -0.2) is 0 Å². The van der Waals surface area contributed by atoms with Crippen LogP contribution in [0.4, 0.5) is 0 Å². The van der Waals surface area contributed by atoms with Crippen LogP contribution in [0.3, 0.4) is 0 Å². The Labute approximate surface area is 129 Å². The Balaban J connectivity index is 2.36. The van der Waals surface area contributed by atoms with Gasteiger partial charge in [0.15, 0.2) is 0 Å². The molecule has 4 heteroatoms. The molecule has 0 aliphatic carbocycles. The van der Waals surface area contributed by atoms with Crippen molar-refractivity contribution < 1.29 is 0 Å². The maximum atomic E-state index is 9.26. The number of halogens is 1. The summed E-state index contributed by atoms with van der Waals surface area (Å²) in [5.74, 6) is 1.04. The molecule has 0 aliphatic rings. The van der Waals surface area contributed by atoms with Gasteiger partial charge in [-0.2, -0.15) is 5.26 Å². The van der Waals surface area contributed by atoms with Crippen molar-refractivity contribution >= 4 is 27.7 Å². The van der Waals surface area contributed by atoms with Crippen LogP contribution >= 0.6 is 27.7 Å². The molecule has 1 aromatic carbocycles. The van der Waals surface area contributed by atoms with Crippen LogP contribution < -0.4 is 5.32 Å². The van der Waals surface area contributed by atoms with Gasteiger partial charge in [0.25, 0.3) is 0 Å². The quantitative estimate of drug-likeness (QED) is 0.581. The average Bonchev–Trinajstić information content (AvgIpc) is 2.34. The fourth-order valence-electron chi connectivity index (χ4n) is 1.97. The number of nitrogens with zero attached hydrogens (tertiary/aromatic N) is 1. The summed E-state index contributed by atoms with van der Waals surface area (Å²) in [7, 11) is 0. The molecule has 1 unspecified atom stereocenters. The summed E-state index contributed by atoms with van der Waals surface area (Å²) >= 11 is 5.31. The topological polar surface area (TPSA) is 35.8 Å². The maximum absolute atomic E-state index is 9.26. The van der Waals surface area contributed by atoms with Crippen LogP contribution in [0.15, 0.2) is 33.6 Å². The summed E-state index contributed by atoms with van der Waals surface area (Å²) in [6.45, 7) is 6.13. The Bertz CT molecular complexity index is 442. The van der Waals surface area contributed by atoms with Crippen molar-refractivity contribution in [1.29, 1.82) is 5.26 Å². The van der Waals surface area contributed by atoms with E-state index in [-0.39, 0.29) is 0 Å². The zero-order valence-corrected chi connectivity index (χ0v) is 14.1. The van der Waals surface area contributed by atoms with Crippen LogP contribution in [0, 0.1) is 11.3 Å². The lowest BCUT2D eigenvalue weighted by Gasteiger charge is -2.25. The highest BCUT2D eigenvalue weighted by Crippen LogP contribution is 2.24. The molecule has 0 radical (unpaired) electrons. The molecule has 104 valence electrons. The van der Waals surface area contributed by atoms with Crippen molar-refractivity contribution in [3.05, 3.63) is 28.7 Å². The third-order valence-electron chi connectivity index (χ3n) is 2.74. The lowest BCUT2D eigenvalue weighted by Crippen LogP contribution is -2.44. The number of hydrogen-bond donors (Lipinski definition) is 1. The van der Waals surface area contributed by atoms with Gasteiger partial charge in [0.2, 0.25) is 0 Å². The molecular formula is C15H21BrN2S. The van der Waals surface area contributed by atoms with Crippen molar-refractivity contribution in [2.45, 2.75) is 50.1 Å². The zero-order valence-electron chi connectivity index (χ0n) is 11.7. The third-order valence-corrected chi connectivity index (χ3v) is 4.31. The van der Waals surface area contributed by atoms with Crippen LogP contribution in [-0.2, 0) is 0 Å². The van der Waals surface area contributed by atoms with Gasteiger partial charge in [-0.3, -0.25) is 5.32 Å². The highest BCUT2D eigenvalue weighted by atomic mass is 79.9. The minimum atomic E-state index is -0.411. The number of nitrogens with one attached hydrogen (secondary N) is 1. The van der Waals surface area contributed by atoms with Gasteiger partial charge in [0.05, 0.1) is 6.07 Å². The first kappa shape index (κ1) is 16.6. The molecule has 2 nitrogen and oxygen atoms in total. The van der Waals surface area contributed by atoms with E-state index in [2.05, 4.69) is 53.3 Å². The Hall–Kier alpha value is -0.500. The molecule has 1 aromatic rings. The molecule has 1 N–H and O–H groups in total. The van der Waals surface area contributed by atoms with Crippen molar-refractivity contribution in [2.75, 3.05) is 5.75 Å². The van der Waals surface area contributed by atoms with Crippen LogP contribution in [0.1, 0.15) is 33.6 Å². The minimum absolute atomic E-state index is 0.336. The molecule has 0 bridgehead atoms. The van der Waals surface area contributed by atoms with Gasteiger partial charge in [-0.05, 0) is 57.6 Å². The van der Waals surface area contributed by atoms with Crippen molar-refractivity contribution in [2.24, 2.45) is 0 Å². The lowest BCUT2D eigenvalue weighted by atomic mass is 9.97.